The van der Waals surface area contributed by atoms with Gasteiger partial charge in [0.1, 0.15) is 5.39 Å². The Morgan fingerprint density at radius 3 is 2.72 bits per heavy atom. The number of aromatic nitrogens is 4. The Kier molecular flexibility index (Phi) is 5.99. The van der Waals surface area contributed by atoms with Gasteiger partial charge < -0.3 is 9.88 Å². The van der Waals surface area contributed by atoms with Crippen LogP contribution in [0.4, 0.5) is 0 Å². The molecule has 7 nitrogen and oxygen atoms in total. The molecule has 1 aromatic carbocycles. The van der Waals surface area contributed by atoms with Crippen molar-refractivity contribution in [3.8, 4) is 5.69 Å². The number of fused-ring (bicyclic) bond motifs is 1. The minimum atomic E-state index is -0.244. The van der Waals surface area contributed by atoms with Gasteiger partial charge in [0.15, 0.2) is 10.8 Å². The van der Waals surface area contributed by atoms with E-state index in [0.29, 0.717) is 28.8 Å². The van der Waals surface area contributed by atoms with Crippen molar-refractivity contribution in [1.29, 1.82) is 0 Å². The third kappa shape index (κ3) is 4.22. The molecule has 1 aliphatic rings. The van der Waals surface area contributed by atoms with Gasteiger partial charge in [0.2, 0.25) is 5.91 Å². The number of hydrogen-bond acceptors (Lipinski definition) is 5. The normalized spacial score (nSPS) is 14.9. The summed E-state index contributed by atoms with van der Waals surface area (Å²) in [6, 6.07) is 9.91. The zero-order chi connectivity index (χ0) is 20.2. The molecule has 0 spiro atoms. The van der Waals surface area contributed by atoms with Gasteiger partial charge in [-0.1, -0.05) is 49.2 Å². The van der Waals surface area contributed by atoms with Crippen LogP contribution in [0.2, 0.25) is 0 Å². The van der Waals surface area contributed by atoms with Crippen molar-refractivity contribution in [2.24, 2.45) is 0 Å². The zero-order valence-corrected chi connectivity index (χ0v) is 17.3. The highest BCUT2D eigenvalue weighted by molar-refractivity contribution is 7.99. The monoisotopic (exact) mass is 411 g/mol. The molecule has 1 fully saturated rings. The van der Waals surface area contributed by atoms with E-state index in [1.807, 2.05) is 42.2 Å². The lowest BCUT2D eigenvalue weighted by Gasteiger charge is -2.33. The summed E-state index contributed by atoms with van der Waals surface area (Å²) in [5.74, 6) is 0.363. The Balaban J connectivity index is 1.53. The number of para-hydroxylation sites is 1. The highest BCUT2D eigenvalue weighted by Crippen LogP contribution is 2.24. The average molecular weight is 412 g/mol. The van der Waals surface area contributed by atoms with Crippen LogP contribution in [-0.2, 0) is 4.79 Å². The molecule has 2 heterocycles. The third-order valence-corrected chi connectivity index (χ3v) is 6.28. The molecule has 2 aromatic heterocycles. The lowest BCUT2D eigenvalue weighted by atomic mass is 9.94. The Morgan fingerprint density at radius 1 is 1.24 bits per heavy atom. The standard InChI is InChI=1S/C21H25N5O2S/c1-2-25(15-9-5-3-6-10-15)18(27)14-29-21-23-19-17(20(28)24-21)13-22-26(19)16-11-7-4-8-12-16/h4,7-8,11-13,15H,2-3,5-6,9-10,14H2,1H3,(H,23,24,28). The molecule has 3 aromatic rings. The van der Waals surface area contributed by atoms with Crippen LogP contribution >= 0.6 is 11.8 Å². The van der Waals surface area contributed by atoms with Gasteiger partial charge in [-0.25, -0.2) is 9.67 Å². The van der Waals surface area contributed by atoms with Gasteiger partial charge in [0.25, 0.3) is 5.56 Å². The van der Waals surface area contributed by atoms with E-state index in [0.717, 1.165) is 18.5 Å². The number of nitrogens with zero attached hydrogens (tertiary/aromatic N) is 4. The Bertz CT molecular complexity index is 1040. The van der Waals surface area contributed by atoms with E-state index in [-0.39, 0.29) is 17.2 Å². The number of carbonyl (C=O) groups excluding carboxylic acids is 1. The van der Waals surface area contributed by atoms with Crippen molar-refractivity contribution in [1.82, 2.24) is 24.6 Å². The van der Waals surface area contributed by atoms with Crippen LogP contribution in [0.15, 0.2) is 46.5 Å². The Morgan fingerprint density at radius 2 is 2.00 bits per heavy atom. The van der Waals surface area contributed by atoms with E-state index in [4.69, 9.17) is 0 Å². The van der Waals surface area contributed by atoms with Gasteiger partial charge in [0.05, 0.1) is 17.6 Å². The van der Waals surface area contributed by atoms with Gasteiger partial charge in [-0.2, -0.15) is 5.10 Å². The van der Waals surface area contributed by atoms with Crippen LogP contribution in [0.25, 0.3) is 16.7 Å². The molecular weight excluding hydrogens is 386 g/mol. The maximum Gasteiger partial charge on any atom is 0.262 e. The Hall–Kier alpha value is -2.61. The lowest BCUT2D eigenvalue weighted by Crippen LogP contribution is -2.42. The Labute approximate surface area is 173 Å². The SMILES string of the molecule is CCN(C(=O)CSc1nc2c(cnn2-c2ccccc2)c(=O)[nH]1)C1CCCCC1. The first-order chi connectivity index (χ1) is 14.2. The summed E-state index contributed by atoms with van der Waals surface area (Å²) in [6.07, 6.45) is 7.34. The van der Waals surface area contributed by atoms with Gasteiger partial charge in [-0.3, -0.25) is 9.59 Å². The number of thioether (sulfide) groups is 1. The van der Waals surface area contributed by atoms with Crippen molar-refractivity contribution in [2.45, 2.75) is 50.2 Å². The fourth-order valence-electron chi connectivity index (χ4n) is 3.97. The largest absolute Gasteiger partial charge is 0.339 e. The molecule has 152 valence electrons. The summed E-state index contributed by atoms with van der Waals surface area (Å²) in [6.45, 7) is 2.75. The molecule has 0 saturated heterocycles. The van der Waals surface area contributed by atoms with Crippen molar-refractivity contribution < 1.29 is 4.79 Å². The van der Waals surface area contributed by atoms with Gasteiger partial charge in [-0.15, -0.1) is 0 Å². The molecule has 1 N–H and O–H groups in total. The second kappa shape index (κ2) is 8.82. The maximum absolute atomic E-state index is 12.8. The first-order valence-corrected chi connectivity index (χ1v) is 11.1. The van der Waals surface area contributed by atoms with Crippen LogP contribution in [0.3, 0.4) is 0 Å². The van der Waals surface area contributed by atoms with E-state index in [1.54, 1.807) is 4.68 Å². The molecule has 0 atom stereocenters. The molecule has 0 aliphatic heterocycles. The number of aromatic amines is 1. The molecule has 8 heteroatoms. The summed E-state index contributed by atoms with van der Waals surface area (Å²) < 4.78 is 1.65. The molecule has 1 aliphatic carbocycles. The van der Waals surface area contributed by atoms with Crippen LogP contribution in [0, 0.1) is 0 Å². The van der Waals surface area contributed by atoms with E-state index in [9.17, 15) is 9.59 Å². The van der Waals surface area contributed by atoms with E-state index < -0.39 is 0 Å². The fraction of sp³-hybridized carbons (Fsp3) is 0.429. The molecule has 29 heavy (non-hydrogen) atoms. The summed E-state index contributed by atoms with van der Waals surface area (Å²) >= 11 is 1.27. The highest BCUT2D eigenvalue weighted by Gasteiger charge is 2.24. The predicted octanol–water partition coefficient (Wildman–Crippen LogP) is 3.38. The summed E-state index contributed by atoms with van der Waals surface area (Å²) in [7, 11) is 0. The van der Waals surface area contributed by atoms with E-state index >= 15 is 0 Å². The maximum atomic E-state index is 12.8. The highest BCUT2D eigenvalue weighted by atomic mass is 32.2. The van der Waals surface area contributed by atoms with Crippen LogP contribution < -0.4 is 5.56 Å². The van der Waals surface area contributed by atoms with E-state index in [2.05, 4.69) is 15.1 Å². The predicted molar refractivity (Wildman–Crippen MR) is 114 cm³/mol. The second-order valence-corrected chi connectivity index (χ2v) is 8.22. The topological polar surface area (TPSA) is 83.9 Å². The van der Waals surface area contributed by atoms with Crippen LogP contribution in [0.1, 0.15) is 39.0 Å². The molecule has 1 amide bonds. The average Bonchev–Trinajstić information content (AvgIpc) is 3.19. The third-order valence-electron chi connectivity index (χ3n) is 5.43. The molecular formula is C21H25N5O2S. The van der Waals surface area contributed by atoms with Crippen LogP contribution in [-0.4, -0.2) is 48.9 Å². The minimum Gasteiger partial charge on any atom is -0.339 e. The quantitative estimate of drug-likeness (QED) is 0.497. The minimum absolute atomic E-state index is 0.101. The number of hydrogen-bond donors (Lipinski definition) is 1. The van der Waals surface area contributed by atoms with Gasteiger partial charge in [-0.05, 0) is 31.9 Å². The first kappa shape index (κ1) is 19.7. The van der Waals surface area contributed by atoms with E-state index in [1.165, 1.54) is 37.2 Å². The van der Waals surface area contributed by atoms with Crippen molar-refractivity contribution in [3.05, 3.63) is 46.9 Å². The van der Waals surface area contributed by atoms with Gasteiger partial charge in [0, 0.05) is 12.6 Å². The van der Waals surface area contributed by atoms with Crippen molar-refractivity contribution >= 4 is 28.7 Å². The summed E-state index contributed by atoms with van der Waals surface area (Å²) in [5.41, 5.74) is 1.09. The second-order valence-electron chi connectivity index (χ2n) is 7.26. The summed E-state index contributed by atoms with van der Waals surface area (Å²) in [4.78, 5) is 34.6. The number of carbonyl (C=O) groups is 1. The van der Waals surface area contributed by atoms with Crippen LogP contribution in [0.5, 0.6) is 0 Å². The molecule has 0 bridgehead atoms. The zero-order valence-electron chi connectivity index (χ0n) is 16.5. The molecule has 1 saturated carbocycles. The lowest BCUT2D eigenvalue weighted by molar-refractivity contribution is -0.131. The number of amides is 1. The number of H-pyrrole nitrogens is 1. The number of benzene rings is 1. The smallest absolute Gasteiger partial charge is 0.262 e. The number of rotatable bonds is 6. The van der Waals surface area contributed by atoms with Crippen molar-refractivity contribution in [3.63, 3.8) is 0 Å². The molecule has 4 rings (SSSR count). The fourth-order valence-corrected chi connectivity index (χ4v) is 4.71. The molecule has 0 unspecified atom stereocenters. The van der Waals surface area contributed by atoms with Crippen molar-refractivity contribution in [2.75, 3.05) is 12.3 Å². The number of nitrogens with one attached hydrogen (secondary N) is 1. The first-order valence-electron chi connectivity index (χ1n) is 10.1. The summed E-state index contributed by atoms with van der Waals surface area (Å²) in [5, 5.41) is 5.19. The van der Waals surface area contributed by atoms with Gasteiger partial charge >= 0.3 is 0 Å². The molecule has 0 radical (unpaired) electrons.